The first-order valence-corrected chi connectivity index (χ1v) is 16.9. The molecular weight excluding hydrogens is 272 g/mol. The third-order valence-electron chi connectivity index (χ3n) is 1.85. The van der Waals surface area contributed by atoms with Gasteiger partial charge >= 0.3 is 25.9 Å². The van der Waals surface area contributed by atoms with E-state index in [0.29, 0.717) is 0 Å². The summed E-state index contributed by atoms with van der Waals surface area (Å²) in [5, 5.41) is 0. The Labute approximate surface area is 103 Å². The molecule has 16 heavy (non-hydrogen) atoms. The molecule has 96 valence electrons. The van der Waals surface area contributed by atoms with E-state index in [1.807, 2.05) is 19.6 Å². The Morgan fingerprint density at radius 3 is 1.62 bits per heavy atom. The first kappa shape index (κ1) is 14.8. The quantitative estimate of drug-likeness (QED) is 0.748. The predicted molar refractivity (Wildman–Crippen MR) is 74.3 cm³/mol. The van der Waals surface area contributed by atoms with Gasteiger partial charge in [-0.3, -0.25) is 0 Å². The van der Waals surface area contributed by atoms with Crippen LogP contribution in [0.25, 0.3) is 0 Å². The van der Waals surface area contributed by atoms with E-state index in [1.54, 1.807) is 0 Å². The molecule has 0 saturated carbocycles. The molecule has 0 aliphatic carbocycles. The summed E-state index contributed by atoms with van der Waals surface area (Å²) in [7, 11) is -7.84. The molecule has 0 N–H and O–H groups in total. The van der Waals surface area contributed by atoms with E-state index >= 15 is 0 Å². The fraction of sp³-hybridized carbons (Fsp3) is 1.00. The first-order chi connectivity index (χ1) is 6.83. The maximum absolute atomic E-state index is 6.11. The van der Waals surface area contributed by atoms with Crippen molar-refractivity contribution in [2.24, 2.45) is 0 Å². The first-order valence-electron chi connectivity index (χ1n) is 5.63. The molecule has 0 atom stereocenters. The van der Waals surface area contributed by atoms with Crippen molar-refractivity contribution in [3.63, 3.8) is 0 Å². The van der Waals surface area contributed by atoms with Crippen LogP contribution in [-0.2, 0) is 16.5 Å². The fourth-order valence-corrected chi connectivity index (χ4v) is 20.4. The second-order valence-electron chi connectivity index (χ2n) is 6.18. The number of rotatable bonds is 4. The molecular formula is C8H24O4Si4. The molecule has 0 aromatic carbocycles. The van der Waals surface area contributed by atoms with Gasteiger partial charge in [-0.25, -0.2) is 0 Å². The van der Waals surface area contributed by atoms with Crippen LogP contribution in [0.4, 0.5) is 0 Å². The summed E-state index contributed by atoms with van der Waals surface area (Å²) in [6.45, 7) is 16.7. The van der Waals surface area contributed by atoms with Gasteiger partial charge in [-0.05, 0) is 45.8 Å². The van der Waals surface area contributed by atoms with Crippen molar-refractivity contribution in [1.29, 1.82) is 0 Å². The van der Waals surface area contributed by atoms with Gasteiger partial charge in [0.1, 0.15) is 0 Å². The van der Waals surface area contributed by atoms with Crippen LogP contribution >= 0.6 is 0 Å². The SMILES string of the molecule is C[Si](C)(C)O[Si](C)(C)O[Si]1(C)O[Si](C)(C)O1. The zero-order chi connectivity index (χ0) is 12.8. The molecule has 8 heteroatoms. The van der Waals surface area contributed by atoms with Crippen LogP contribution in [0.5, 0.6) is 0 Å². The lowest BCUT2D eigenvalue weighted by Crippen LogP contribution is -2.71. The molecule has 0 amide bonds. The van der Waals surface area contributed by atoms with Gasteiger partial charge in [-0.1, -0.05) is 0 Å². The van der Waals surface area contributed by atoms with Gasteiger partial charge in [0.25, 0.3) is 0 Å². The minimum Gasteiger partial charge on any atom is -0.437 e. The van der Waals surface area contributed by atoms with Gasteiger partial charge in [-0.15, -0.1) is 0 Å². The highest BCUT2D eigenvalue weighted by atomic mass is 28.6. The molecule has 0 spiro atoms. The topological polar surface area (TPSA) is 36.9 Å². The lowest BCUT2D eigenvalue weighted by atomic mass is 11.8. The smallest absolute Gasteiger partial charge is 0.437 e. The van der Waals surface area contributed by atoms with Crippen LogP contribution in [-0.4, -0.2) is 34.2 Å². The zero-order valence-corrected chi connectivity index (χ0v) is 15.6. The Hall–Kier alpha value is 0.708. The van der Waals surface area contributed by atoms with E-state index in [0.717, 1.165) is 0 Å². The van der Waals surface area contributed by atoms with Gasteiger partial charge < -0.3 is 16.5 Å². The third-order valence-corrected chi connectivity index (χ3v) is 16.6. The minimum atomic E-state index is -2.35. The molecule has 1 saturated heterocycles. The van der Waals surface area contributed by atoms with Crippen LogP contribution in [0, 0.1) is 0 Å². The lowest BCUT2D eigenvalue weighted by molar-refractivity contribution is 0.137. The van der Waals surface area contributed by atoms with Gasteiger partial charge in [0, 0.05) is 6.55 Å². The summed E-state index contributed by atoms with van der Waals surface area (Å²) in [6, 6.07) is 0. The normalized spacial score (nSPS) is 24.0. The van der Waals surface area contributed by atoms with Crippen molar-refractivity contribution in [2.45, 2.75) is 52.4 Å². The minimum absolute atomic E-state index is 1.56. The fourth-order valence-electron chi connectivity index (χ4n) is 2.15. The van der Waals surface area contributed by atoms with Crippen molar-refractivity contribution in [3.8, 4) is 0 Å². The van der Waals surface area contributed by atoms with E-state index < -0.39 is 34.2 Å². The Bertz CT molecular complexity index is 266. The van der Waals surface area contributed by atoms with Crippen molar-refractivity contribution < 1.29 is 16.5 Å². The summed E-state index contributed by atoms with van der Waals surface area (Å²) in [5.74, 6) is 0. The molecule has 0 bridgehead atoms. The van der Waals surface area contributed by atoms with Crippen molar-refractivity contribution in [2.75, 3.05) is 0 Å². The second-order valence-corrected chi connectivity index (χ2v) is 21.0. The molecule has 1 heterocycles. The van der Waals surface area contributed by atoms with Crippen molar-refractivity contribution in [3.05, 3.63) is 0 Å². The van der Waals surface area contributed by atoms with Crippen LogP contribution in [0.3, 0.4) is 0 Å². The molecule has 0 unspecified atom stereocenters. The van der Waals surface area contributed by atoms with E-state index in [2.05, 4.69) is 32.7 Å². The molecule has 1 aliphatic rings. The zero-order valence-electron chi connectivity index (χ0n) is 11.6. The highest BCUT2D eigenvalue weighted by Crippen LogP contribution is 2.34. The summed E-state index contributed by atoms with van der Waals surface area (Å²) in [6.07, 6.45) is 0. The average Bonchev–Trinajstić information content (AvgIpc) is 1.69. The molecule has 1 rings (SSSR count). The van der Waals surface area contributed by atoms with Gasteiger partial charge in [-0.2, -0.15) is 0 Å². The van der Waals surface area contributed by atoms with Crippen LogP contribution in [0.15, 0.2) is 0 Å². The van der Waals surface area contributed by atoms with Crippen LogP contribution < -0.4 is 0 Å². The molecule has 1 fully saturated rings. The van der Waals surface area contributed by atoms with Gasteiger partial charge in [0.05, 0.1) is 0 Å². The maximum atomic E-state index is 6.11. The summed E-state index contributed by atoms with van der Waals surface area (Å²) in [5.41, 5.74) is 0. The van der Waals surface area contributed by atoms with E-state index in [4.69, 9.17) is 16.5 Å². The highest BCUT2D eigenvalue weighted by Gasteiger charge is 2.59. The standard InChI is InChI=1S/C8H24O4Si4/c1-13(2,3)9-14(4,5)10-16(8)11-15(6,7)12-16/h1-8H3. The van der Waals surface area contributed by atoms with Crippen LogP contribution in [0.1, 0.15) is 0 Å². The Kier molecular flexibility index (Phi) is 3.81. The molecule has 4 nitrogen and oxygen atoms in total. The Morgan fingerprint density at radius 2 is 1.31 bits per heavy atom. The third kappa shape index (κ3) is 4.53. The highest BCUT2D eigenvalue weighted by molar-refractivity contribution is 6.94. The number of hydrogen-bond acceptors (Lipinski definition) is 4. The summed E-state index contributed by atoms with van der Waals surface area (Å²) >= 11 is 0. The largest absolute Gasteiger partial charge is 0.470 e. The number of hydrogen-bond donors (Lipinski definition) is 0. The maximum Gasteiger partial charge on any atom is 0.470 e. The Balaban J connectivity index is 2.54. The van der Waals surface area contributed by atoms with Crippen LogP contribution in [0.2, 0.25) is 52.4 Å². The second kappa shape index (κ2) is 4.12. The summed E-state index contributed by atoms with van der Waals surface area (Å²) < 4.78 is 23.9. The van der Waals surface area contributed by atoms with Gasteiger partial charge in [0.2, 0.25) is 0 Å². The molecule has 0 radical (unpaired) electrons. The Morgan fingerprint density at radius 1 is 0.875 bits per heavy atom. The van der Waals surface area contributed by atoms with Crippen molar-refractivity contribution >= 4 is 34.2 Å². The molecule has 0 aromatic rings. The summed E-state index contributed by atoms with van der Waals surface area (Å²) in [4.78, 5) is 0. The van der Waals surface area contributed by atoms with E-state index in [9.17, 15) is 0 Å². The molecule has 1 aliphatic heterocycles. The average molecular weight is 297 g/mol. The van der Waals surface area contributed by atoms with E-state index in [-0.39, 0.29) is 0 Å². The van der Waals surface area contributed by atoms with E-state index in [1.165, 1.54) is 0 Å². The monoisotopic (exact) mass is 296 g/mol. The van der Waals surface area contributed by atoms with Crippen molar-refractivity contribution in [1.82, 2.24) is 0 Å². The molecule has 0 aromatic heterocycles. The predicted octanol–water partition coefficient (Wildman–Crippen LogP) is 2.87. The van der Waals surface area contributed by atoms with Gasteiger partial charge in [0.15, 0.2) is 8.32 Å². The lowest BCUT2D eigenvalue weighted by Gasteiger charge is -2.50.